The van der Waals surface area contributed by atoms with Crippen molar-refractivity contribution in [3.8, 4) is 0 Å². The predicted molar refractivity (Wildman–Crippen MR) is 57.1 cm³/mol. The van der Waals surface area contributed by atoms with Gasteiger partial charge in [0, 0.05) is 17.2 Å². The Morgan fingerprint density at radius 2 is 2.08 bits per heavy atom. The number of hydrogen-bond acceptors (Lipinski definition) is 3. The van der Waals surface area contributed by atoms with Gasteiger partial charge in [-0.3, -0.25) is 0 Å². The normalized spacial score (nSPS) is 10.5. The zero-order chi connectivity index (χ0) is 9.10. The minimum absolute atomic E-state index is 0.808. The van der Waals surface area contributed by atoms with Crippen molar-refractivity contribution in [2.45, 2.75) is 6.42 Å². The highest BCUT2D eigenvalue weighted by atomic mass is 32.1. The standard InChI is InChI=1S/C10H10N2S/c13-6-5-10-9-4-2-1-3-8(9)7-11-12-10/h1-4,7,13H,5-6H2. The molecule has 13 heavy (non-hydrogen) atoms. The molecule has 3 heteroatoms. The first kappa shape index (κ1) is 8.51. The largest absolute Gasteiger partial charge is 0.179 e. The lowest BCUT2D eigenvalue weighted by Gasteiger charge is -2.01. The van der Waals surface area contributed by atoms with Gasteiger partial charge in [-0.2, -0.15) is 22.8 Å². The lowest BCUT2D eigenvalue weighted by Crippen LogP contribution is -1.95. The van der Waals surface area contributed by atoms with Crippen molar-refractivity contribution in [3.05, 3.63) is 36.2 Å². The molecule has 0 radical (unpaired) electrons. The molecule has 0 spiro atoms. The van der Waals surface area contributed by atoms with E-state index in [4.69, 9.17) is 0 Å². The fourth-order valence-electron chi connectivity index (χ4n) is 1.38. The summed E-state index contributed by atoms with van der Waals surface area (Å²) in [5, 5.41) is 10.4. The van der Waals surface area contributed by atoms with E-state index in [0.29, 0.717) is 0 Å². The van der Waals surface area contributed by atoms with Crippen molar-refractivity contribution >= 4 is 23.4 Å². The van der Waals surface area contributed by atoms with Crippen molar-refractivity contribution in [1.29, 1.82) is 0 Å². The van der Waals surface area contributed by atoms with E-state index >= 15 is 0 Å². The van der Waals surface area contributed by atoms with Crippen molar-refractivity contribution < 1.29 is 0 Å². The summed E-state index contributed by atoms with van der Waals surface area (Å²) in [6.07, 6.45) is 2.66. The van der Waals surface area contributed by atoms with E-state index in [1.54, 1.807) is 6.20 Å². The maximum atomic E-state index is 4.19. The highest BCUT2D eigenvalue weighted by Gasteiger charge is 2.00. The summed E-state index contributed by atoms with van der Waals surface area (Å²) in [7, 11) is 0. The SMILES string of the molecule is SCCc1nncc2ccccc12. The Morgan fingerprint density at radius 3 is 2.92 bits per heavy atom. The monoisotopic (exact) mass is 190 g/mol. The van der Waals surface area contributed by atoms with Crippen LogP contribution < -0.4 is 0 Å². The Bertz CT molecular complexity index is 409. The number of thiol groups is 1. The third-order valence-corrected chi connectivity index (χ3v) is 2.22. The maximum Gasteiger partial charge on any atom is 0.0717 e. The van der Waals surface area contributed by atoms with Gasteiger partial charge in [0.05, 0.1) is 11.9 Å². The fourth-order valence-corrected chi connectivity index (χ4v) is 1.59. The van der Waals surface area contributed by atoms with Crippen LogP contribution in [0.2, 0.25) is 0 Å². The van der Waals surface area contributed by atoms with Crippen LogP contribution in [0.1, 0.15) is 5.69 Å². The lowest BCUT2D eigenvalue weighted by atomic mass is 10.1. The first-order chi connectivity index (χ1) is 6.42. The van der Waals surface area contributed by atoms with Crippen LogP contribution in [-0.2, 0) is 6.42 Å². The van der Waals surface area contributed by atoms with Crippen molar-refractivity contribution in [1.82, 2.24) is 10.2 Å². The van der Waals surface area contributed by atoms with Gasteiger partial charge >= 0.3 is 0 Å². The van der Waals surface area contributed by atoms with Crippen LogP contribution in [0.15, 0.2) is 30.5 Å². The topological polar surface area (TPSA) is 25.8 Å². The third-order valence-electron chi connectivity index (χ3n) is 2.00. The van der Waals surface area contributed by atoms with E-state index in [1.807, 2.05) is 18.2 Å². The highest BCUT2D eigenvalue weighted by Crippen LogP contribution is 2.15. The van der Waals surface area contributed by atoms with Gasteiger partial charge in [0.1, 0.15) is 0 Å². The van der Waals surface area contributed by atoms with Gasteiger partial charge in [0.2, 0.25) is 0 Å². The Balaban J connectivity index is 2.61. The summed E-state index contributed by atoms with van der Waals surface area (Å²) in [5.41, 5.74) is 1.04. The first-order valence-corrected chi connectivity index (χ1v) is 4.85. The van der Waals surface area contributed by atoms with Crippen LogP contribution >= 0.6 is 12.6 Å². The molecule has 0 saturated carbocycles. The first-order valence-electron chi connectivity index (χ1n) is 4.22. The van der Waals surface area contributed by atoms with Gasteiger partial charge in [-0.15, -0.1) is 0 Å². The molecule has 0 aliphatic rings. The van der Waals surface area contributed by atoms with Gasteiger partial charge in [-0.05, 0) is 5.75 Å². The number of nitrogens with zero attached hydrogens (tertiary/aromatic N) is 2. The summed E-state index contributed by atoms with van der Waals surface area (Å²) < 4.78 is 0. The second-order valence-electron chi connectivity index (χ2n) is 2.85. The van der Waals surface area contributed by atoms with E-state index in [1.165, 1.54) is 5.39 Å². The van der Waals surface area contributed by atoms with Gasteiger partial charge in [0.25, 0.3) is 0 Å². The second-order valence-corrected chi connectivity index (χ2v) is 3.30. The molecule has 0 aliphatic heterocycles. The molecule has 0 unspecified atom stereocenters. The molecule has 0 saturated heterocycles. The zero-order valence-corrected chi connectivity index (χ0v) is 8.04. The van der Waals surface area contributed by atoms with Gasteiger partial charge in [-0.1, -0.05) is 24.3 Å². The quantitative estimate of drug-likeness (QED) is 0.734. The van der Waals surface area contributed by atoms with E-state index in [9.17, 15) is 0 Å². The summed E-state index contributed by atoms with van der Waals surface area (Å²) >= 11 is 4.19. The second kappa shape index (κ2) is 3.75. The lowest BCUT2D eigenvalue weighted by molar-refractivity contribution is 0.946. The molecule has 66 valence electrons. The minimum Gasteiger partial charge on any atom is -0.179 e. The number of aryl methyl sites for hydroxylation is 1. The van der Waals surface area contributed by atoms with Crippen LogP contribution in [-0.4, -0.2) is 16.0 Å². The minimum atomic E-state index is 0.808. The third kappa shape index (κ3) is 1.65. The van der Waals surface area contributed by atoms with Crippen LogP contribution in [0, 0.1) is 0 Å². The molecule has 2 rings (SSSR count). The van der Waals surface area contributed by atoms with Gasteiger partial charge in [0.15, 0.2) is 0 Å². The Morgan fingerprint density at radius 1 is 1.23 bits per heavy atom. The molecule has 0 bridgehead atoms. The van der Waals surface area contributed by atoms with Crippen LogP contribution in [0.4, 0.5) is 0 Å². The fraction of sp³-hybridized carbons (Fsp3) is 0.200. The molecular formula is C10H10N2S. The van der Waals surface area contributed by atoms with Gasteiger partial charge < -0.3 is 0 Å². The van der Waals surface area contributed by atoms with Crippen molar-refractivity contribution in [2.75, 3.05) is 5.75 Å². The number of hydrogen-bond donors (Lipinski definition) is 1. The molecule has 0 atom stereocenters. The Kier molecular flexibility index (Phi) is 2.45. The van der Waals surface area contributed by atoms with Crippen molar-refractivity contribution in [3.63, 3.8) is 0 Å². The van der Waals surface area contributed by atoms with E-state index < -0.39 is 0 Å². The number of benzene rings is 1. The maximum absolute atomic E-state index is 4.19. The summed E-state index contributed by atoms with van der Waals surface area (Å²) in [5.74, 6) is 0.808. The molecule has 0 aliphatic carbocycles. The molecule has 0 fully saturated rings. The molecule has 0 N–H and O–H groups in total. The smallest absolute Gasteiger partial charge is 0.0717 e. The summed E-state index contributed by atoms with van der Waals surface area (Å²) in [4.78, 5) is 0. The van der Waals surface area contributed by atoms with Gasteiger partial charge in [-0.25, -0.2) is 0 Å². The molecule has 1 aromatic carbocycles. The molecule has 1 aromatic heterocycles. The molecule has 2 nitrogen and oxygen atoms in total. The molecule has 2 aromatic rings. The van der Waals surface area contributed by atoms with Crippen molar-refractivity contribution in [2.24, 2.45) is 0 Å². The summed E-state index contributed by atoms with van der Waals surface area (Å²) in [6.45, 7) is 0. The van der Waals surface area contributed by atoms with E-state index in [2.05, 4.69) is 28.9 Å². The number of fused-ring (bicyclic) bond motifs is 1. The predicted octanol–water partition coefficient (Wildman–Crippen LogP) is 2.10. The average molecular weight is 190 g/mol. The highest BCUT2D eigenvalue weighted by molar-refractivity contribution is 7.80. The Labute approximate surface area is 82.4 Å². The van der Waals surface area contributed by atoms with Crippen LogP contribution in [0.25, 0.3) is 10.8 Å². The number of rotatable bonds is 2. The van der Waals surface area contributed by atoms with Crippen LogP contribution in [0.5, 0.6) is 0 Å². The Hall–Kier alpha value is -1.09. The summed E-state index contributed by atoms with van der Waals surface area (Å²) in [6, 6.07) is 8.15. The van der Waals surface area contributed by atoms with E-state index in [-0.39, 0.29) is 0 Å². The molecule has 1 heterocycles. The average Bonchev–Trinajstić information content (AvgIpc) is 2.19. The number of aromatic nitrogens is 2. The molecule has 0 amide bonds. The van der Waals surface area contributed by atoms with Crippen LogP contribution in [0.3, 0.4) is 0 Å². The zero-order valence-electron chi connectivity index (χ0n) is 7.14. The van der Waals surface area contributed by atoms with E-state index in [0.717, 1.165) is 23.3 Å². The molecular weight excluding hydrogens is 180 g/mol.